The zero-order valence-electron chi connectivity index (χ0n) is 13.1. The maximum Gasteiger partial charge on any atom is 0.270 e. The van der Waals surface area contributed by atoms with Crippen molar-refractivity contribution in [3.8, 4) is 0 Å². The molecule has 0 radical (unpaired) electrons. The topological polar surface area (TPSA) is 42.3 Å². The lowest BCUT2D eigenvalue weighted by Crippen LogP contribution is -2.36. The van der Waals surface area contributed by atoms with E-state index in [4.69, 9.17) is 0 Å². The summed E-state index contributed by atoms with van der Waals surface area (Å²) in [6.07, 6.45) is 0. The van der Waals surface area contributed by atoms with Crippen molar-refractivity contribution in [3.63, 3.8) is 0 Å². The fraction of sp³-hybridized carbons (Fsp3) is 0.412. The Hall–Kier alpha value is -2.10. The van der Waals surface area contributed by atoms with Crippen LogP contribution < -0.4 is 5.56 Å². The first-order valence-corrected chi connectivity index (χ1v) is 7.44. The van der Waals surface area contributed by atoms with Gasteiger partial charge in [-0.1, -0.05) is 18.2 Å². The fourth-order valence-corrected chi connectivity index (χ4v) is 2.62. The molecule has 4 nitrogen and oxygen atoms in total. The minimum atomic E-state index is -0.0985. The first-order valence-electron chi connectivity index (χ1n) is 7.44. The van der Waals surface area contributed by atoms with Crippen molar-refractivity contribution < 1.29 is 4.79 Å². The molecule has 0 aliphatic heterocycles. The molecule has 0 N–H and O–H groups in total. The average Bonchev–Trinajstić information content (AvgIpc) is 2.47. The smallest absolute Gasteiger partial charge is 0.270 e. The summed E-state index contributed by atoms with van der Waals surface area (Å²) >= 11 is 0. The van der Waals surface area contributed by atoms with Gasteiger partial charge in [-0.2, -0.15) is 0 Å². The molecule has 0 saturated carbocycles. The Balaban J connectivity index is 2.75. The summed E-state index contributed by atoms with van der Waals surface area (Å²) in [6, 6.07) is 9.18. The lowest BCUT2D eigenvalue weighted by Gasteiger charge is -2.23. The molecule has 1 aromatic heterocycles. The lowest BCUT2D eigenvalue weighted by atomic mass is 10.1. The van der Waals surface area contributed by atoms with Crippen molar-refractivity contribution >= 4 is 16.7 Å². The molecule has 0 aliphatic carbocycles. The summed E-state index contributed by atoms with van der Waals surface area (Å²) in [7, 11) is 0. The van der Waals surface area contributed by atoms with Gasteiger partial charge in [-0.15, -0.1) is 0 Å². The Bertz CT molecular complexity index is 712. The highest BCUT2D eigenvalue weighted by molar-refractivity contribution is 5.96. The highest BCUT2D eigenvalue weighted by Gasteiger charge is 2.20. The molecule has 1 heterocycles. The zero-order chi connectivity index (χ0) is 15.6. The van der Waals surface area contributed by atoms with E-state index in [2.05, 4.69) is 0 Å². The molecule has 2 rings (SSSR count). The van der Waals surface area contributed by atoms with E-state index in [1.165, 1.54) is 0 Å². The van der Waals surface area contributed by atoms with E-state index < -0.39 is 0 Å². The Morgan fingerprint density at radius 3 is 2.38 bits per heavy atom. The van der Waals surface area contributed by atoms with Gasteiger partial charge in [0, 0.05) is 24.5 Å². The molecule has 0 aliphatic rings. The van der Waals surface area contributed by atoms with Crippen molar-refractivity contribution in [1.82, 2.24) is 9.47 Å². The van der Waals surface area contributed by atoms with Gasteiger partial charge < -0.3 is 9.47 Å². The molecular formula is C17H22N2O2. The summed E-state index contributed by atoms with van der Waals surface area (Å²) in [6.45, 7) is 9.01. The molecule has 2 aromatic rings. The molecule has 0 spiro atoms. The molecule has 0 fully saturated rings. The summed E-state index contributed by atoms with van der Waals surface area (Å²) in [5.74, 6) is -0.0865. The fourth-order valence-electron chi connectivity index (χ4n) is 2.62. The van der Waals surface area contributed by atoms with E-state index in [9.17, 15) is 9.59 Å². The van der Waals surface area contributed by atoms with Crippen molar-refractivity contribution in [3.05, 3.63) is 46.4 Å². The van der Waals surface area contributed by atoms with Gasteiger partial charge >= 0.3 is 0 Å². The third kappa shape index (κ3) is 2.71. The van der Waals surface area contributed by atoms with Gasteiger partial charge in [0.05, 0.1) is 0 Å². The Morgan fingerprint density at radius 2 is 1.81 bits per heavy atom. The van der Waals surface area contributed by atoms with Gasteiger partial charge in [-0.3, -0.25) is 9.59 Å². The number of pyridine rings is 1. The molecule has 0 bridgehead atoms. The van der Waals surface area contributed by atoms with Gasteiger partial charge in [-0.05, 0) is 45.2 Å². The third-order valence-corrected chi connectivity index (χ3v) is 3.75. The van der Waals surface area contributed by atoms with Crippen molar-refractivity contribution in [2.45, 2.75) is 33.7 Å². The second-order valence-electron chi connectivity index (χ2n) is 5.36. The van der Waals surface area contributed by atoms with E-state index in [-0.39, 0.29) is 17.5 Å². The molecule has 4 heteroatoms. The number of fused-ring (bicyclic) bond motifs is 1. The number of hydrogen-bond acceptors (Lipinski definition) is 2. The maximum absolute atomic E-state index is 12.7. The van der Waals surface area contributed by atoms with Crippen molar-refractivity contribution in [2.75, 3.05) is 13.1 Å². The van der Waals surface area contributed by atoms with Gasteiger partial charge in [0.2, 0.25) is 0 Å². The van der Waals surface area contributed by atoms with E-state index in [0.29, 0.717) is 24.2 Å². The first kappa shape index (κ1) is 15.3. The van der Waals surface area contributed by atoms with Gasteiger partial charge in [0.25, 0.3) is 11.5 Å². The van der Waals surface area contributed by atoms with Crippen molar-refractivity contribution in [2.24, 2.45) is 0 Å². The highest BCUT2D eigenvalue weighted by Crippen LogP contribution is 2.17. The number of rotatable bonds is 4. The molecule has 1 aromatic carbocycles. The molecule has 1 amide bonds. The van der Waals surface area contributed by atoms with E-state index in [1.807, 2.05) is 58.0 Å². The van der Waals surface area contributed by atoms with Crippen LogP contribution in [0.2, 0.25) is 0 Å². The maximum atomic E-state index is 12.7. The summed E-state index contributed by atoms with van der Waals surface area (Å²) in [5.41, 5.74) is 0.371. The molecule has 112 valence electrons. The van der Waals surface area contributed by atoms with Crippen LogP contribution >= 0.6 is 0 Å². The first-order chi connectivity index (χ1) is 10.0. The summed E-state index contributed by atoms with van der Waals surface area (Å²) in [5, 5.41) is 1.47. The molecule has 0 saturated heterocycles. The lowest BCUT2D eigenvalue weighted by molar-refractivity contribution is 0.0759. The van der Waals surface area contributed by atoms with Gasteiger partial charge in [-0.25, -0.2) is 0 Å². The average molecular weight is 286 g/mol. The van der Waals surface area contributed by atoms with Gasteiger partial charge in [0.15, 0.2) is 0 Å². The van der Waals surface area contributed by atoms with Crippen LogP contribution in [0.1, 0.15) is 44.2 Å². The second kappa shape index (κ2) is 6.12. The van der Waals surface area contributed by atoms with E-state index in [0.717, 1.165) is 5.39 Å². The molecular weight excluding hydrogens is 264 g/mol. The van der Waals surface area contributed by atoms with Crippen LogP contribution in [-0.4, -0.2) is 28.5 Å². The van der Waals surface area contributed by atoms with Crippen LogP contribution in [0, 0.1) is 0 Å². The largest absolute Gasteiger partial charge is 0.338 e. The molecule has 0 atom stereocenters. The van der Waals surface area contributed by atoms with E-state index in [1.54, 1.807) is 9.47 Å². The number of carbonyl (C=O) groups excluding carboxylic acids is 1. The summed E-state index contributed by atoms with van der Waals surface area (Å²) in [4.78, 5) is 27.1. The number of amides is 1. The Labute approximate surface area is 125 Å². The molecule has 0 unspecified atom stereocenters. The monoisotopic (exact) mass is 286 g/mol. The zero-order valence-corrected chi connectivity index (χ0v) is 13.1. The normalized spacial score (nSPS) is 11.1. The van der Waals surface area contributed by atoms with Crippen LogP contribution in [0.4, 0.5) is 0 Å². The van der Waals surface area contributed by atoms with Crippen LogP contribution in [0.25, 0.3) is 10.8 Å². The molecule has 21 heavy (non-hydrogen) atoms. The Kier molecular flexibility index (Phi) is 4.46. The number of nitrogens with zero attached hydrogens (tertiary/aromatic N) is 2. The standard InChI is InChI=1S/C17H22N2O2/c1-5-18(6-2)17(21)15-11-13-9-7-8-10-14(13)16(20)19(15)12(3)4/h7-12H,5-6H2,1-4H3. The SMILES string of the molecule is CCN(CC)C(=O)c1cc2ccccc2c(=O)n1C(C)C. The number of aromatic nitrogens is 1. The van der Waals surface area contributed by atoms with Gasteiger partial charge in [0.1, 0.15) is 5.69 Å². The van der Waals surface area contributed by atoms with E-state index >= 15 is 0 Å². The van der Waals surface area contributed by atoms with Crippen LogP contribution in [0.3, 0.4) is 0 Å². The minimum Gasteiger partial charge on any atom is -0.338 e. The number of benzene rings is 1. The van der Waals surface area contributed by atoms with Crippen LogP contribution in [0.15, 0.2) is 35.1 Å². The highest BCUT2D eigenvalue weighted by atomic mass is 16.2. The quantitative estimate of drug-likeness (QED) is 0.867. The second-order valence-corrected chi connectivity index (χ2v) is 5.36. The number of carbonyl (C=O) groups is 1. The summed E-state index contributed by atoms with van der Waals surface area (Å²) < 4.78 is 1.60. The third-order valence-electron chi connectivity index (χ3n) is 3.75. The predicted molar refractivity (Wildman–Crippen MR) is 85.8 cm³/mol. The predicted octanol–water partition coefficient (Wildman–Crippen LogP) is 3.06. The Morgan fingerprint density at radius 1 is 1.19 bits per heavy atom. The van der Waals surface area contributed by atoms with Crippen LogP contribution in [0.5, 0.6) is 0 Å². The van der Waals surface area contributed by atoms with Crippen molar-refractivity contribution in [1.29, 1.82) is 0 Å². The number of hydrogen-bond donors (Lipinski definition) is 0. The minimum absolute atomic E-state index is 0.0587. The van der Waals surface area contributed by atoms with Crippen LogP contribution in [-0.2, 0) is 0 Å².